The van der Waals surface area contributed by atoms with Gasteiger partial charge in [0.15, 0.2) is 5.96 Å². The summed E-state index contributed by atoms with van der Waals surface area (Å²) in [5.74, 6) is 0.439. The molecule has 0 radical (unpaired) electrons. The van der Waals surface area contributed by atoms with Crippen LogP contribution in [0.2, 0.25) is 4.34 Å². The van der Waals surface area contributed by atoms with Crippen LogP contribution >= 0.6 is 46.9 Å². The third-order valence-corrected chi connectivity index (χ3v) is 4.21. The van der Waals surface area contributed by atoms with Crippen molar-refractivity contribution < 1.29 is 4.39 Å². The van der Waals surface area contributed by atoms with E-state index in [9.17, 15) is 4.39 Å². The van der Waals surface area contributed by atoms with Gasteiger partial charge in [-0.05, 0) is 24.6 Å². The number of nitrogens with zero attached hydrogens (tertiary/aromatic N) is 1. The van der Waals surface area contributed by atoms with Crippen molar-refractivity contribution in [3.05, 3.63) is 57.0 Å². The number of guanidine groups is 1. The summed E-state index contributed by atoms with van der Waals surface area (Å²) in [7, 11) is 1.69. The Hall–Kier alpha value is -0.860. The first-order valence-corrected chi connectivity index (χ1v) is 7.80. The van der Waals surface area contributed by atoms with E-state index in [1.54, 1.807) is 30.5 Å². The Morgan fingerprint density at radius 1 is 1.23 bits per heavy atom. The highest BCUT2D eigenvalue weighted by atomic mass is 127. The Morgan fingerprint density at radius 2 is 2.00 bits per heavy atom. The van der Waals surface area contributed by atoms with Gasteiger partial charge in [0.25, 0.3) is 0 Å². The Kier molecular flexibility index (Phi) is 8.74. The number of hydrogen-bond donors (Lipinski definition) is 2. The summed E-state index contributed by atoms with van der Waals surface area (Å²) in [5.41, 5.74) is 0.616. The van der Waals surface area contributed by atoms with Crippen molar-refractivity contribution in [2.75, 3.05) is 13.6 Å². The molecule has 2 aromatic rings. The Bertz CT molecular complexity index is 618. The number of hydrogen-bond acceptors (Lipinski definition) is 2. The van der Waals surface area contributed by atoms with Gasteiger partial charge in [0.05, 0.1) is 4.34 Å². The second kappa shape index (κ2) is 10.0. The van der Waals surface area contributed by atoms with Crippen LogP contribution in [0.5, 0.6) is 0 Å². The zero-order valence-corrected chi connectivity index (χ0v) is 16.0. The van der Waals surface area contributed by atoms with Gasteiger partial charge in [-0.1, -0.05) is 29.8 Å². The monoisotopic (exact) mass is 453 g/mol. The van der Waals surface area contributed by atoms with Crippen molar-refractivity contribution in [2.24, 2.45) is 4.99 Å². The summed E-state index contributed by atoms with van der Waals surface area (Å²) in [6, 6.07) is 10.6. The van der Waals surface area contributed by atoms with E-state index < -0.39 is 0 Å². The topological polar surface area (TPSA) is 36.4 Å². The van der Waals surface area contributed by atoms with E-state index in [-0.39, 0.29) is 29.8 Å². The van der Waals surface area contributed by atoms with Gasteiger partial charge in [0.2, 0.25) is 0 Å². The van der Waals surface area contributed by atoms with Crippen molar-refractivity contribution >= 4 is 52.9 Å². The van der Waals surface area contributed by atoms with Gasteiger partial charge in [-0.15, -0.1) is 35.3 Å². The molecule has 3 nitrogen and oxygen atoms in total. The van der Waals surface area contributed by atoms with Crippen LogP contribution in [-0.2, 0) is 13.0 Å². The van der Waals surface area contributed by atoms with E-state index in [2.05, 4.69) is 15.6 Å². The highest BCUT2D eigenvalue weighted by molar-refractivity contribution is 14.0. The second-order valence-corrected chi connectivity index (χ2v) is 6.20. The lowest BCUT2D eigenvalue weighted by atomic mass is 10.2. The number of aliphatic imine (C=N–C) groups is 1. The van der Waals surface area contributed by atoms with Crippen molar-refractivity contribution in [2.45, 2.75) is 13.0 Å². The molecule has 0 aliphatic carbocycles. The summed E-state index contributed by atoms with van der Waals surface area (Å²) in [6.45, 7) is 1.14. The molecular formula is C15H18ClFIN3S. The third-order valence-electron chi connectivity index (χ3n) is 2.92. The normalized spacial score (nSPS) is 11.0. The molecule has 0 atom stereocenters. The summed E-state index contributed by atoms with van der Waals surface area (Å²) in [4.78, 5) is 5.34. The minimum absolute atomic E-state index is 0. The molecule has 0 fully saturated rings. The average molecular weight is 454 g/mol. The molecule has 0 saturated carbocycles. The number of rotatable bonds is 5. The first kappa shape index (κ1) is 19.2. The molecule has 2 N–H and O–H groups in total. The fourth-order valence-corrected chi connectivity index (χ4v) is 2.92. The first-order valence-electron chi connectivity index (χ1n) is 6.61. The quantitative estimate of drug-likeness (QED) is 0.407. The fraction of sp³-hybridized carbons (Fsp3) is 0.267. The van der Waals surface area contributed by atoms with E-state index in [0.717, 1.165) is 17.3 Å². The molecule has 0 aliphatic rings. The smallest absolute Gasteiger partial charge is 0.191 e. The minimum atomic E-state index is -0.214. The highest BCUT2D eigenvalue weighted by Gasteiger charge is 2.03. The van der Waals surface area contributed by atoms with Crippen LogP contribution in [0.25, 0.3) is 0 Å². The zero-order valence-electron chi connectivity index (χ0n) is 12.1. The molecule has 1 heterocycles. The minimum Gasteiger partial charge on any atom is -0.356 e. The lowest BCUT2D eigenvalue weighted by molar-refractivity contribution is 0.604. The van der Waals surface area contributed by atoms with Gasteiger partial charge in [0.1, 0.15) is 5.82 Å². The number of thiophene rings is 1. The van der Waals surface area contributed by atoms with Crippen molar-refractivity contribution in [1.82, 2.24) is 10.6 Å². The van der Waals surface area contributed by atoms with Crippen LogP contribution in [0.4, 0.5) is 4.39 Å². The number of halogens is 3. The standard InChI is InChI=1S/C15H17ClFN3S.HI/c1-18-15(19-9-8-12-6-7-14(16)21-12)20-10-11-4-2-3-5-13(11)17;/h2-7H,8-10H2,1H3,(H2,18,19,20);1H. The summed E-state index contributed by atoms with van der Waals surface area (Å²) < 4.78 is 14.3. The molecule has 1 aromatic heterocycles. The molecule has 7 heteroatoms. The van der Waals surface area contributed by atoms with Gasteiger partial charge in [-0.3, -0.25) is 4.99 Å². The van der Waals surface area contributed by atoms with Crippen molar-refractivity contribution in [3.8, 4) is 0 Å². The van der Waals surface area contributed by atoms with Gasteiger partial charge in [-0.2, -0.15) is 0 Å². The van der Waals surface area contributed by atoms with E-state index in [0.29, 0.717) is 18.1 Å². The maximum Gasteiger partial charge on any atom is 0.191 e. The highest BCUT2D eigenvalue weighted by Crippen LogP contribution is 2.21. The van der Waals surface area contributed by atoms with Crippen LogP contribution in [0.1, 0.15) is 10.4 Å². The van der Waals surface area contributed by atoms with E-state index in [1.807, 2.05) is 18.2 Å². The van der Waals surface area contributed by atoms with Crippen molar-refractivity contribution in [3.63, 3.8) is 0 Å². The molecule has 0 unspecified atom stereocenters. The van der Waals surface area contributed by atoms with Crippen molar-refractivity contribution in [1.29, 1.82) is 0 Å². The predicted molar refractivity (Wildman–Crippen MR) is 103 cm³/mol. The molecule has 0 saturated heterocycles. The van der Waals surface area contributed by atoms with Crippen LogP contribution in [0.15, 0.2) is 41.4 Å². The molecular weight excluding hydrogens is 436 g/mol. The summed E-state index contributed by atoms with van der Waals surface area (Å²) in [5, 5.41) is 6.29. The number of nitrogens with one attached hydrogen (secondary N) is 2. The van der Waals surface area contributed by atoms with Crippen LogP contribution in [-0.4, -0.2) is 19.6 Å². The SMILES string of the molecule is CN=C(NCCc1ccc(Cl)s1)NCc1ccccc1F.I. The van der Waals surface area contributed by atoms with Gasteiger partial charge >= 0.3 is 0 Å². The van der Waals surface area contributed by atoms with Gasteiger partial charge in [-0.25, -0.2) is 4.39 Å². The zero-order chi connectivity index (χ0) is 15.1. The van der Waals surface area contributed by atoms with Gasteiger partial charge in [0, 0.05) is 30.6 Å². The van der Waals surface area contributed by atoms with E-state index in [4.69, 9.17) is 11.6 Å². The lowest BCUT2D eigenvalue weighted by Gasteiger charge is -2.11. The summed E-state index contributed by atoms with van der Waals surface area (Å²) >= 11 is 7.46. The summed E-state index contributed by atoms with van der Waals surface area (Å²) in [6.07, 6.45) is 0.873. The molecule has 0 bridgehead atoms. The Labute approximate surface area is 156 Å². The Balaban J connectivity index is 0.00000242. The van der Waals surface area contributed by atoms with Crippen LogP contribution in [0, 0.1) is 5.82 Å². The van der Waals surface area contributed by atoms with E-state index >= 15 is 0 Å². The number of benzene rings is 1. The predicted octanol–water partition coefficient (Wildman–Crippen LogP) is 4.07. The van der Waals surface area contributed by atoms with Crippen LogP contribution < -0.4 is 10.6 Å². The molecule has 1 aromatic carbocycles. The maximum atomic E-state index is 13.5. The fourth-order valence-electron chi connectivity index (χ4n) is 1.83. The largest absolute Gasteiger partial charge is 0.356 e. The molecule has 22 heavy (non-hydrogen) atoms. The molecule has 0 aliphatic heterocycles. The molecule has 0 amide bonds. The second-order valence-electron chi connectivity index (χ2n) is 4.40. The first-order chi connectivity index (χ1) is 10.2. The van der Waals surface area contributed by atoms with Gasteiger partial charge < -0.3 is 10.6 Å². The molecule has 120 valence electrons. The third kappa shape index (κ3) is 6.10. The maximum absolute atomic E-state index is 13.5. The van der Waals surface area contributed by atoms with E-state index in [1.165, 1.54) is 10.9 Å². The molecule has 0 spiro atoms. The molecule has 2 rings (SSSR count). The van der Waals surface area contributed by atoms with Crippen LogP contribution in [0.3, 0.4) is 0 Å². The lowest BCUT2D eigenvalue weighted by Crippen LogP contribution is -2.37. The Morgan fingerprint density at radius 3 is 2.64 bits per heavy atom. The average Bonchev–Trinajstić information content (AvgIpc) is 2.90.